The summed E-state index contributed by atoms with van der Waals surface area (Å²) in [6.07, 6.45) is 0.389. The highest BCUT2D eigenvalue weighted by Gasteiger charge is 2.07. The fourth-order valence-corrected chi connectivity index (χ4v) is 2.17. The monoisotopic (exact) mass is 286 g/mol. The Morgan fingerprint density at radius 2 is 1.94 bits per heavy atom. The smallest absolute Gasteiger partial charge is 0.212 e. The topological polar surface area (TPSA) is 77.7 Å². The summed E-state index contributed by atoms with van der Waals surface area (Å²) in [5.74, 6) is 0.464. The van der Waals surface area contributed by atoms with E-state index in [1.807, 2.05) is 24.3 Å². The fourth-order valence-electron chi connectivity index (χ4n) is 1.46. The van der Waals surface area contributed by atoms with Crippen molar-refractivity contribution < 1.29 is 8.42 Å². The van der Waals surface area contributed by atoms with E-state index in [4.69, 9.17) is 10.7 Å². The van der Waals surface area contributed by atoms with E-state index in [-0.39, 0.29) is 5.75 Å². The van der Waals surface area contributed by atoms with Crippen LogP contribution in [0.2, 0.25) is 0 Å². The van der Waals surface area contributed by atoms with Crippen molar-refractivity contribution in [3.05, 3.63) is 29.8 Å². The van der Waals surface area contributed by atoms with Gasteiger partial charge in [-0.15, -0.1) is 10.2 Å². The summed E-state index contributed by atoms with van der Waals surface area (Å²) in [6.45, 7) is 0. The molecule has 0 unspecified atom stereocenters. The van der Waals surface area contributed by atoms with E-state index in [1.54, 1.807) is 7.05 Å². The number of hydrogen-bond donors (Lipinski definition) is 0. The first kappa shape index (κ1) is 13.0. The van der Waals surface area contributed by atoms with Crippen LogP contribution in [0.1, 0.15) is 5.56 Å². The Balaban J connectivity index is 2.10. The lowest BCUT2D eigenvalue weighted by atomic mass is 10.1. The number of rotatable bonds is 4. The van der Waals surface area contributed by atoms with E-state index in [9.17, 15) is 8.42 Å². The van der Waals surface area contributed by atoms with Gasteiger partial charge in [0.1, 0.15) is 0 Å². The molecule has 0 N–H and O–H groups in total. The quantitative estimate of drug-likeness (QED) is 0.783. The van der Waals surface area contributed by atoms with E-state index in [1.165, 1.54) is 4.80 Å². The number of benzene rings is 1. The lowest BCUT2D eigenvalue weighted by Crippen LogP contribution is -2.00. The third-order valence-electron chi connectivity index (χ3n) is 2.36. The summed E-state index contributed by atoms with van der Waals surface area (Å²) >= 11 is 0. The highest BCUT2D eigenvalue weighted by molar-refractivity contribution is 8.13. The first-order chi connectivity index (χ1) is 8.44. The molecule has 1 aromatic carbocycles. The summed E-state index contributed by atoms with van der Waals surface area (Å²) in [7, 11) is 3.40. The van der Waals surface area contributed by atoms with Crippen LogP contribution in [0.5, 0.6) is 0 Å². The predicted molar refractivity (Wildman–Crippen MR) is 67.6 cm³/mol. The van der Waals surface area contributed by atoms with Crippen LogP contribution in [0.3, 0.4) is 0 Å². The second-order valence-electron chi connectivity index (χ2n) is 3.79. The Morgan fingerprint density at radius 3 is 2.44 bits per heavy atom. The second-order valence-corrected chi connectivity index (χ2v) is 6.69. The van der Waals surface area contributed by atoms with Crippen LogP contribution in [0.25, 0.3) is 11.4 Å². The van der Waals surface area contributed by atoms with Gasteiger partial charge in [0.25, 0.3) is 0 Å². The molecule has 0 saturated heterocycles. The molecule has 6 nitrogen and oxygen atoms in total. The maximum atomic E-state index is 10.8. The summed E-state index contributed by atoms with van der Waals surface area (Å²) < 4.78 is 21.7. The van der Waals surface area contributed by atoms with Crippen molar-refractivity contribution in [3.8, 4) is 11.4 Å². The molecule has 18 heavy (non-hydrogen) atoms. The van der Waals surface area contributed by atoms with Gasteiger partial charge in [0.15, 0.2) is 0 Å². The summed E-state index contributed by atoms with van der Waals surface area (Å²) in [5.41, 5.74) is 1.73. The van der Waals surface area contributed by atoms with E-state index in [0.29, 0.717) is 12.2 Å². The van der Waals surface area contributed by atoms with Gasteiger partial charge in [0.2, 0.25) is 14.9 Å². The standard InChI is InChI=1S/C10H11ClN4O2S/c1-15-13-10(12-14-15)9-4-2-8(3-5-9)6-7-18(11,16)17/h2-5H,6-7H2,1H3. The van der Waals surface area contributed by atoms with Gasteiger partial charge in [0.05, 0.1) is 12.8 Å². The van der Waals surface area contributed by atoms with E-state index in [2.05, 4.69) is 15.4 Å². The van der Waals surface area contributed by atoms with E-state index < -0.39 is 9.05 Å². The minimum absolute atomic E-state index is 0.0721. The van der Waals surface area contributed by atoms with Crippen molar-refractivity contribution in [1.82, 2.24) is 20.2 Å². The van der Waals surface area contributed by atoms with Crippen molar-refractivity contribution >= 4 is 19.7 Å². The molecule has 1 aromatic heterocycles. The molecule has 0 bridgehead atoms. The summed E-state index contributed by atoms with van der Waals surface area (Å²) in [6, 6.07) is 7.31. The minimum atomic E-state index is -3.45. The zero-order valence-electron chi connectivity index (χ0n) is 9.62. The average Bonchev–Trinajstić information content (AvgIpc) is 2.73. The first-order valence-electron chi connectivity index (χ1n) is 5.20. The maximum Gasteiger partial charge on any atom is 0.232 e. The van der Waals surface area contributed by atoms with Gasteiger partial charge in [-0.2, -0.15) is 4.80 Å². The molecule has 0 spiro atoms. The highest BCUT2D eigenvalue weighted by atomic mass is 35.7. The molecule has 2 rings (SSSR count). The SMILES string of the molecule is Cn1nnc(-c2ccc(CCS(=O)(=O)Cl)cc2)n1. The van der Waals surface area contributed by atoms with Gasteiger partial charge in [-0.1, -0.05) is 24.3 Å². The molecule has 96 valence electrons. The van der Waals surface area contributed by atoms with Gasteiger partial charge in [0, 0.05) is 16.2 Å². The lowest BCUT2D eigenvalue weighted by molar-refractivity contribution is 0.609. The normalized spacial score (nSPS) is 11.7. The highest BCUT2D eigenvalue weighted by Crippen LogP contribution is 2.15. The first-order valence-corrected chi connectivity index (χ1v) is 7.67. The average molecular weight is 287 g/mol. The molecule has 0 aliphatic rings. The van der Waals surface area contributed by atoms with Crippen LogP contribution in [0.4, 0.5) is 0 Å². The van der Waals surface area contributed by atoms with Crippen LogP contribution >= 0.6 is 10.7 Å². The van der Waals surface area contributed by atoms with Crippen LogP contribution in [-0.4, -0.2) is 34.4 Å². The largest absolute Gasteiger partial charge is 0.232 e. The van der Waals surface area contributed by atoms with Crippen molar-refractivity contribution in [2.24, 2.45) is 7.05 Å². The summed E-state index contributed by atoms with van der Waals surface area (Å²) in [4.78, 5) is 1.38. The molecular formula is C10H11ClN4O2S. The van der Waals surface area contributed by atoms with Gasteiger partial charge < -0.3 is 0 Å². The predicted octanol–water partition coefficient (Wildman–Crippen LogP) is 0.988. The maximum absolute atomic E-state index is 10.8. The number of nitrogens with zero attached hydrogens (tertiary/aromatic N) is 4. The van der Waals surface area contributed by atoms with Crippen LogP contribution in [0.15, 0.2) is 24.3 Å². The zero-order chi connectivity index (χ0) is 13.2. The third-order valence-corrected chi connectivity index (χ3v) is 3.51. The lowest BCUT2D eigenvalue weighted by Gasteiger charge is -2.00. The minimum Gasteiger partial charge on any atom is -0.212 e. The van der Waals surface area contributed by atoms with Crippen molar-refractivity contribution in [2.75, 3.05) is 5.75 Å². The van der Waals surface area contributed by atoms with Crippen LogP contribution in [-0.2, 0) is 22.5 Å². The van der Waals surface area contributed by atoms with Gasteiger partial charge in [-0.3, -0.25) is 0 Å². The fraction of sp³-hybridized carbons (Fsp3) is 0.300. The van der Waals surface area contributed by atoms with Gasteiger partial charge >= 0.3 is 0 Å². The Morgan fingerprint density at radius 1 is 1.28 bits per heavy atom. The molecule has 8 heteroatoms. The summed E-state index contributed by atoms with van der Waals surface area (Å²) in [5, 5.41) is 11.7. The molecule has 2 aromatic rings. The molecule has 0 aliphatic heterocycles. The van der Waals surface area contributed by atoms with Crippen molar-refractivity contribution in [3.63, 3.8) is 0 Å². The van der Waals surface area contributed by atoms with Gasteiger partial charge in [-0.05, 0) is 17.2 Å². The van der Waals surface area contributed by atoms with E-state index in [0.717, 1.165) is 11.1 Å². The molecule has 0 saturated carbocycles. The second kappa shape index (κ2) is 5.03. The number of hydrogen-bond acceptors (Lipinski definition) is 5. The Labute approximate surface area is 109 Å². The number of halogens is 1. The molecule has 0 atom stereocenters. The zero-order valence-corrected chi connectivity index (χ0v) is 11.2. The molecular weight excluding hydrogens is 276 g/mol. The van der Waals surface area contributed by atoms with Crippen LogP contribution in [0, 0.1) is 0 Å². The van der Waals surface area contributed by atoms with Crippen LogP contribution < -0.4 is 0 Å². The third kappa shape index (κ3) is 3.51. The Hall–Kier alpha value is -1.47. The molecule has 0 aliphatic carbocycles. The Kier molecular flexibility index (Phi) is 3.63. The van der Waals surface area contributed by atoms with Crippen molar-refractivity contribution in [1.29, 1.82) is 0 Å². The molecule has 0 fully saturated rings. The van der Waals surface area contributed by atoms with E-state index >= 15 is 0 Å². The Bertz CT molecular complexity index is 636. The molecule has 0 radical (unpaired) electrons. The number of tetrazole rings is 1. The van der Waals surface area contributed by atoms with Gasteiger partial charge in [-0.25, -0.2) is 8.42 Å². The van der Waals surface area contributed by atoms with Crippen molar-refractivity contribution in [2.45, 2.75) is 6.42 Å². The molecule has 1 heterocycles. The number of aryl methyl sites for hydroxylation is 2. The number of aromatic nitrogens is 4. The molecule has 0 amide bonds.